The molecule has 23 heavy (non-hydrogen) atoms. The number of allylic oxidation sites excluding steroid dienone is 3. The minimum Gasteiger partial charge on any atom is -0.497 e. The Labute approximate surface area is 141 Å². The number of hydrogen-bond donors (Lipinski definition) is 0. The van der Waals surface area contributed by atoms with Crippen molar-refractivity contribution in [3.05, 3.63) is 47.1 Å². The molecule has 0 bridgehead atoms. The van der Waals surface area contributed by atoms with Crippen LogP contribution in [0.25, 0.3) is 5.20 Å². The number of carbonyl (C=O) groups excluding carboxylic acids is 1. The predicted molar refractivity (Wildman–Crippen MR) is 100 cm³/mol. The Kier molecular flexibility index (Phi) is 5.63. The molecule has 0 N–H and O–H groups in total. The number of benzene rings is 1. The number of unbranched alkanes of at least 4 members (excludes halogenated alkanes) is 1. The van der Waals surface area contributed by atoms with Gasteiger partial charge in [0.15, 0.2) is 5.78 Å². The minimum absolute atomic E-state index is 0.312. The summed E-state index contributed by atoms with van der Waals surface area (Å²) in [6.07, 6.45) is 5.86. The summed E-state index contributed by atoms with van der Waals surface area (Å²) in [5.74, 6) is 1.19. The van der Waals surface area contributed by atoms with Crippen LogP contribution in [-0.4, -0.2) is 21.0 Å². The van der Waals surface area contributed by atoms with Gasteiger partial charge >= 0.3 is 0 Å². The highest BCUT2D eigenvalue weighted by Gasteiger charge is 2.29. The summed E-state index contributed by atoms with van der Waals surface area (Å²) in [6.45, 7) is 9.20. The normalized spacial score (nSPS) is 17.3. The minimum atomic E-state index is -1.59. The van der Waals surface area contributed by atoms with Crippen molar-refractivity contribution >= 4 is 19.1 Å². The third-order valence-corrected chi connectivity index (χ3v) is 6.40. The molecule has 2 rings (SSSR count). The lowest BCUT2D eigenvalue weighted by Gasteiger charge is -2.24. The molecule has 3 heteroatoms. The first-order chi connectivity index (χ1) is 10.9. The summed E-state index contributed by atoms with van der Waals surface area (Å²) < 4.78 is 5.39. The zero-order valence-electron chi connectivity index (χ0n) is 15.0. The average Bonchev–Trinajstić information content (AvgIpc) is 2.84. The Hall–Kier alpha value is -1.61. The largest absolute Gasteiger partial charge is 0.497 e. The van der Waals surface area contributed by atoms with Gasteiger partial charge in [-0.1, -0.05) is 51.2 Å². The number of rotatable bonds is 6. The smallest absolute Gasteiger partial charge is 0.163 e. The summed E-state index contributed by atoms with van der Waals surface area (Å²) in [6, 6.07) is 8.25. The highest BCUT2D eigenvalue weighted by Crippen LogP contribution is 2.37. The van der Waals surface area contributed by atoms with Crippen LogP contribution in [0.2, 0.25) is 19.6 Å². The van der Waals surface area contributed by atoms with E-state index in [4.69, 9.17) is 4.74 Å². The van der Waals surface area contributed by atoms with Crippen molar-refractivity contribution in [1.29, 1.82) is 0 Å². The number of ether oxygens (including phenoxy) is 1. The molecule has 1 aliphatic rings. The molecular weight excluding hydrogens is 300 g/mol. The van der Waals surface area contributed by atoms with Crippen LogP contribution in [0.3, 0.4) is 0 Å². The van der Waals surface area contributed by atoms with Gasteiger partial charge < -0.3 is 4.74 Å². The van der Waals surface area contributed by atoms with E-state index in [9.17, 15) is 4.79 Å². The fourth-order valence-corrected chi connectivity index (χ4v) is 5.39. The first-order valence-corrected chi connectivity index (χ1v) is 12.0. The number of Topliss-reactive ketones (excluding diaryl/α,β-unsaturated/α-hetero) is 1. The topological polar surface area (TPSA) is 26.3 Å². The van der Waals surface area contributed by atoms with Crippen LogP contribution < -0.4 is 4.74 Å². The highest BCUT2D eigenvalue weighted by molar-refractivity contribution is 6.94. The Morgan fingerprint density at radius 1 is 1.26 bits per heavy atom. The van der Waals surface area contributed by atoms with E-state index in [0.717, 1.165) is 30.6 Å². The Morgan fingerprint density at radius 2 is 2.00 bits per heavy atom. The molecular formula is C20H28O2Si. The van der Waals surface area contributed by atoms with E-state index in [1.807, 2.05) is 12.1 Å². The SMILES string of the molecule is CCCCC1=C/C(=C(\c2cccc(OC)c2)[Si](C)(C)C)CC1=O. The van der Waals surface area contributed by atoms with Crippen molar-refractivity contribution in [2.24, 2.45) is 0 Å². The molecule has 2 nitrogen and oxygen atoms in total. The number of carbonyl (C=O) groups is 1. The molecule has 0 spiro atoms. The maximum atomic E-state index is 12.4. The Morgan fingerprint density at radius 3 is 2.61 bits per heavy atom. The molecule has 0 unspecified atom stereocenters. The first kappa shape index (κ1) is 17.7. The molecule has 0 amide bonds. The van der Waals surface area contributed by atoms with Crippen LogP contribution in [0.1, 0.15) is 38.2 Å². The lowest BCUT2D eigenvalue weighted by Crippen LogP contribution is -2.24. The van der Waals surface area contributed by atoms with Crippen LogP contribution in [0.5, 0.6) is 5.75 Å². The molecule has 0 atom stereocenters. The monoisotopic (exact) mass is 328 g/mol. The summed E-state index contributed by atoms with van der Waals surface area (Å²) >= 11 is 0. The van der Waals surface area contributed by atoms with Gasteiger partial charge in [-0.25, -0.2) is 0 Å². The molecule has 0 aromatic heterocycles. The van der Waals surface area contributed by atoms with E-state index in [2.05, 4.69) is 44.8 Å². The molecule has 0 heterocycles. The average molecular weight is 329 g/mol. The van der Waals surface area contributed by atoms with E-state index in [-0.39, 0.29) is 0 Å². The second-order valence-electron chi connectivity index (χ2n) is 7.26. The highest BCUT2D eigenvalue weighted by atomic mass is 28.3. The van der Waals surface area contributed by atoms with Gasteiger partial charge in [-0.3, -0.25) is 4.79 Å². The van der Waals surface area contributed by atoms with Crippen molar-refractivity contribution in [2.75, 3.05) is 7.11 Å². The van der Waals surface area contributed by atoms with Gasteiger partial charge in [0, 0.05) is 6.42 Å². The second-order valence-corrected chi connectivity index (χ2v) is 12.3. The van der Waals surface area contributed by atoms with Gasteiger partial charge in [-0.15, -0.1) is 0 Å². The van der Waals surface area contributed by atoms with Crippen LogP contribution in [0, 0.1) is 0 Å². The van der Waals surface area contributed by atoms with E-state index < -0.39 is 8.07 Å². The summed E-state index contributed by atoms with van der Waals surface area (Å²) in [5, 5.41) is 1.39. The van der Waals surface area contributed by atoms with Gasteiger partial charge in [0.05, 0.1) is 15.2 Å². The summed E-state index contributed by atoms with van der Waals surface area (Å²) in [4.78, 5) is 12.4. The number of methoxy groups -OCH3 is 1. The summed E-state index contributed by atoms with van der Waals surface area (Å²) in [7, 11) is 0.105. The van der Waals surface area contributed by atoms with Crippen LogP contribution in [0.15, 0.2) is 41.5 Å². The molecule has 0 fully saturated rings. The zero-order chi connectivity index (χ0) is 17.0. The van der Waals surface area contributed by atoms with Crippen molar-refractivity contribution in [1.82, 2.24) is 0 Å². The molecule has 0 saturated heterocycles. The van der Waals surface area contributed by atoms with Crippen molar-refractivity contribution in [3.63, 3.8) is 0 Å². The van der Waals surface area contributed by atoms with Gasteiger partial charge in [0.2, 0.25) is 0 Å². The van der Waals surface area contributed by atoms with E-state index in [1.165, 1.54) is 16.3 Å². The number of hydrogen-bond acceptors (Lipinski definition) is 2. The molecule has 1 aromatic rings. The second kappa shape index (κ2) is 7.31. The van der Waals surface area contributed by atoms with E-state index in [1.54, 1.807) is 7.11 Å². The van der Waals surface area contributed by atoms with Crippen molar-refractivity contribution < 1.29 is 9.53 Å². The Balaban J connectivity index is 2.51. The van der Waals surface area contributed by atoms with E-state index in [0.29, 0.717) is 12.2 Å². The van der Waals surface area contributed by atoms with Crippen LogP contribution in [0.4, 0.5) is 0 Å². The van der Waals surface area contributed by atoms with Crippen molar-refractivity contribution in [2.45, 2.75) is 52.2 Å². The quantitative estimate of drug-likeness (QED) is 0.652. The fourth-order valence-electron chi connectivity index (χ4n) is 3.25. The van der Waals surface area contributed by atoms with Gasteiger partial charge in [0.1, 0.15) is 5.75 Å². The van der Waals surface area contributed by atoms with Gasteiger partial charge in [-0.05, 0) is 46.9 Å². The lowest BCUT2D eigenvalue weighted by molar-refractivity contribution is -0.114. The molecule has 1 aromatic carbocycles. The predicted octanol–water partition coefficient (Wildman–Crippen LogP) is 5.42. The maximum Gasteiger partial charge on any atom is 0.163 e. The number of ketones is 1. The van der Waals surface area contributed by atoms with Gasteiger partial charge in [0.25, 0.3) is 0 Å². The standard InChI is InChI=1S/C20H28O2Si/c1-6-7-9-15-12-17(14-19(15)21)20(23(3,4)5)16-10-8-11-18(13-16)22-2/h8,10-13H,6-7,9,14H2,1-5H3/b20-17-. The molecule has 124 valence electrons. The maximum absolute atomic E-state index is 12.4. The lowest BCUT2D eigenvalue weighted by atomic mass is 10.1. The molecule has 1 aliphatic carbocycles. The molecule has 0 aliphatic heterocycles. The third kappa shape index (κ3) is 4.23. The van der Waals surface area contributed by atoms with Gasteiger partial charge in [-0.2, -0.15) is 0 Å². The zero-order valence-corrected chi connectivity index (χ0v) is 16.0. The first-order valence-electron chi connectivity index (χ1n) is 8.48. The molecule has 0 radical (unpaired) electrons. The van der Waals surface area contributed by atoms with Crippen molar-refractivity contribution in [3.8, 4) is 5.75 Å². The van der Waals surface area contributed by atoms with Crippen LogP contribution >= 0.6 is 0 Å². The van der Waals surface area contributed by atoms with Crippen LogP contribution in [-0.2, 0) is 4.79 Å². The Bertz CT molecular complexity index is 648. The van der Waals surface area contributed by atoms with E-state index >= 15 is 0 Å². The third-order valence-electron chi connectivity index (χ3n) is 4.29. The fraction of sp³-hybridized carbons (Fsp3) is 0.450. The molecule has 0 saturated carbocycles. The summed E-state index contributed by atoms with van der Waals surface area (Å²) in [5.41, 5.74) is 3.45.